The summed E-state index contributed by atoms with van der Waals surface area (Å²) in [5, 5.41) is -0.907. The zero-order valence-electron chi connectivity index (χ0n) is 10.7. The summed E-state index contributed by atoms with van der Waals surface area (Å²) in [5.74, 6) is 1.04. The van der Waals surface area contributed by atoms with Gasteiger partial charge in [0.1, 0.15) is 13.2 Å². The fourth-order valence-corrected chi connectivity index (χ4v) is 2.86. The SMILES string of the molecule is NC(c1cnc(C(F)(F)F)s1)c1cccc2c1OCCO2. The molecule has 8 heteroatoms. The second kappa shape index (κ2) is 5.19. The Kier molecular flexibility index (Phi) is 3.50. The minimum absolute atomic E-state index is 0.324. The summed E-state index contributed by atoms with van der Waals surface area (Å²) in [6, 6.07) is 4.44. The molecule has 1 unspecified atom stereocenters. The average molecular weight is 316 g/mol. The van der Waals surface area contributed by atoms with Crippen LogP contribution in [-0.2, 0) is 6.18 Å². The Hall–Kier alpha value is -1.80. The van der Waals surface area contributed by atoms with Gasteiger partial charge in [0, 0.05) is 16.6 Å². The number of hydrogen-bond donors (Lipinski definition) is 1. The van der Waals surface area contributed by atoms with E-state index >= 15 is 0 Å². The van der Waals surface area contributed by atoms with Crippen LogP contribution in [0.4, 0.5) is 13.2 Å². The normalized spacial score (nSPS) is 15.8. The number of benzene rings is 1. The van der Waals surface area contributed by atoms with E-state index in [1.54, 1.807) is 18.2 Å². The number of fused-ring (bicyclic) bond motifs is 1. The fourth-order valence-electron chi connectivity index (χ4n) is 2.06. The molecule has 4 nitrogen and oxygen atoms in total. The Morgan fingerprint density at radius 1 is 1.24 bits per heavy atom. The number of aromatic nitrogens is 1. The van der Waals surface area contributed by atoms with Crippen LogP contribution in [0.5, 0.6) is 11.5 Å². The highest BCUT2D eigenvalue weighted by Crippen LogP contribution is 2.40. The topological polar surface area (TPSA) is 57.4 Å². The number of alkyl halides is 3. The third-order valence-corrected chi connectivity index (χ3v) is 4.13. The van der Waals surface area contributed by atoms with Gasteiger partial charge in [0.05, 0.1) is 6.04 Å². The highest BCUT2D eigenvalue weighted by Gasteiger charge is 2.35. The largest absolute Gasteiger partial charge is 0.486 e. The van der Waals surface area contributed by atoms with Crippen molar-refractivity contribution in [3.63, 3.8) is 0 Å². The van der Waals surface area contributed by atoms with Crippen LogP contribution in [0.2, 0.25) is 0 Å². The molecule has 0 radical (unpaired) electrons. The molecule has 2 aromatic rings. The molecular formula is C13H11F3N2O2S. The number of nitrogens with two attached hydrogens (primary N) is 1. The third kappa shape index (κ3) is 2.68. The second-order valence-corrected chi connectivity index (χ2v) is 5.48. The lowest BCUT2D eigenvalue weighted by atomic mass is 10.0. The summed E-state index contributed by atoms with van der Waals surface area (Å²) in [7, 11) is 0. The number of halogens is 3. The van der Waals surface area contributed by atoms with E-state index in [1.807, 2.05) is 0 Å². The summed E-state index contributed by atoms with van der Waals surface area (Å²) < 4.78 is 48.8. The third-order valence-electron chi connectivity index (χ3n) is 3.00. The van der Waals surface area contributed by atoms with Crippen molar-refractivity contribution in [3.05, 3.63) is 39.8 Å². The molecule has 3 rings (SSSR count). The smallest absolute Gasteiger partial charge is 0.443 e. The average Bonchev–Trinajstić information content (AvgIpc) is 2.96. The molecule has 112 valence electrons. The van der Waals surface area contributed by atoms with Crippen LogP contribution in [0.25, 0.3) is 0 Å². The molecule has 21 heavy (non-hydrogen) atoms. The maximum Gasteiger partial charge on any atom is 0.443 e. The molecule has 1 aromatic carbocycles. The van der Waals surface area contributed by atoms with Crippen molar-refractivity contribution in [2.24, 2.45) is 5.73 Å². The van der Waals surface area contributed by atoms with Crippen LogP contribution >= 0.6 is 11.3 Å². The van der Waals surface area contributed by atoms with E-state index in [0.29, 0.717) is 46.5 Å². The molecule has 1 aliphatic heterocycles. The van der Waals surface area contributed by atoms with Crippen LogP contribution in [0.15, 0.2) is 24.4 Å². The number of rotatable bonds is 2. The van der Waals surface area contributed by atoms with E-state index in [0.717, 1.165) is 6.20 Å². The number of para-hydroxylation sites is 1. The van der Waals surface area contributed by atoms with Crippen LogP contribution in [0, 0.1) is 0 Å². The van der Waals surface area contributed by atoms with Crippen LogP contribution in [0.3, 0.4) is 0 Å². The van der Waals surface area contributed by atoms with E-state index in [-0.39, 0.29) is 0 Å². The van der Waals surface area contributed by atoms with Crippen LogP contribution in [0.1, 0.15) is 21.5 Å². The highest BCUT2D eigenvalue weighted by molar-refractivity contribution is 7.11. The van der Waals surface area contributed by atoms with Gasteiger partial charge in [0.15, 0.2) is 16.5 Å². The Morgan fingerprint density at radius 2 is 2.00 bits per heavy atom. The van der Waals surface area contributed by atoms with Crippen molar-refractivity contribution in [2.45, 2.75) is 12.2 Å². The monoisotopic (exact) mass is 316 g/mol. The van der Waals surface area contributed by atoms with E-state index in [4.69, 9.17) is 15.2 Å². The molecule has 0 bridgehead atoms. The highest BCUT2D eigenvalue weighted by atomic mass is 32.1. The number of nitrogens with zero attached hydrogens (tertiary/aromatic N) is 1. The van der Waals surface area contributed by atoms with E-state index in [2.05, 4.69) is 4.98 Å². The fraction of sp³-hybridized carbons (Fsp3) is 0.308. The lowest BCUT2D eigenvalue weighted by Gasteiger charge is -2.23. The Bertz CT molecular complexity index is 657. The van der Waals surface area contributed by atoms with Gasteiger partial charge in [-0.1, -0.05) is 12.1 Å². The summed E-state index contributed by atoms with van der Waals surface area (Å²) in [6.45, 7) is 0.817. The Labute approximate surface area is 122 Å². The lowest BCUT2D eigenvalue weighted by molar-refractivity contribution is -0.137. The van der Waals surface area contributed by atoms with Crippen molar-refractivity contribution in [3.8, 4) is 11.5 Å². The molecular weight excluding hydrogens is 305 g/mol. The van der Waals surface area contributed by atoms with Crippen molar-refractivity contribution in [1.82, 2.24) is 4.98 Å². The second-order valence-electron chi connectivity index (χ2n) is 4.41. The van der Waals surface area contributed by atoms with E-state index < -0.39 is 17.2 Å². The van der Waals surface area contributed by atoms with Gasteiger partial charge < -0.3 is 15.2 Å². The molecule has 1 atom stereocenters. The standard InChI is InChI=1S/C13H11F3N2O2S/c14-13(15,16)12-18-6-9(21-12)10(17)7-2-1-3-8-11(7)20-5-4-19-8/h1-3,6,10H,4-5,17H2. The quantitative estimate of drug-likeness (QED) is 0.925. The lowest BCUT2D eigenvalue weighted by Crippen LogP contribution is -2.19. The summed E-state index contributed by atoms with van der Waals surface area (Å²) >= 11 is 0.536. The molecule has 1 aromatic heterocycles. The first kappa shape index (κ1) is 14.2. The summed E-state index contributed by atoms with van der Waals surface area (Å²) in [5.41, 5.74) is 6.65. The molecule has 0 spiro atoms. The van der Waals surface area contributed by atoms with Gasteiger partial charge in [-0.05, 0) is 6.07 Å². The molecule has 0 saturated carbocycles. The molecule has 0 fully saturated rings. The predicted molar refractivity (Wildman–Crippen MR) is 70.6 cm³/mol. The van der Waals surface area contributed by atoms with Crippen LogP contribution < -0.4 is 15.2 Å². The minimum Gasteiger partial charge on any atom is -0.486 e. The number of ether oxygens (including phenoxy) is 2. The first-order valence-electron chi connectivity index (χ1n) is 6.14. The summed E-state index contributed by atoms with van der Waals surface area (Å²) in [6.07, 6.45) is -3.31. The van der Waals surface area contributed by atoms with Crippen molar-refractivity contribution >= 4 is 11.3 Å². The molecule has 2 heterocycles. The van der Waals surface area contributed by atoms with Gasteiger partial charge >= 0.3 is 6.18 Å². The van der Waals surface area contributed by atoms with Gasteiger partial charge in [0.2, 0.25) is 0 Å². The van der Waals surface area contributed by atoms with Crippen molar-refractivity contribution in [1.29, 1.82) is 0 Å². The Morgan fingerprint density at radius 3 is 2.71 bits per heavy atom. The van der Waals surface area contributed by atoms with Crippen LogP contribution in [-0.4, -0.2) is 18.2 Å². The number of hydrogen-bond acceptors (Lipinski definition) is 5. The molecule has 2 N–H and O–H groups in total. The molecule has 0 amide bonds. The molecule has 1 aliphatic rings. The van der Waals surface area contributed by atoms with Gasteiger partial charge in [-0.2, -0.15) is 13.2 Å². The maximum absolute atomic E-state index is 12.6. The Balaban J connectivity index is 1.95. The van der Waals surface area contributed by atoms with Crippen molar-refractivity contribution < 1.29 is 22.6 Å². The van der Waals surface area contributed by atoms with E-state index in [9.17, 15) is 13.2 Å². The zero-order chi connectivity index (χ0) is 15.0. The first-order chi connectivity index (χ1) is 9.97. The van der Waals surface area contributed by atoms with E-state index in [1.165, 1.54) is 0 Å². The first-order valence-corrected chi connectivity index (χ1v) is 6.95. The predicted octanol–water partition coefficient (Wildman–Crippen LogP) is 2.98. The van der Waals surface area contributed by atoms with Gasteiger partial charge in [-0.15, -0.1) is 11.3 Å². The zero-order valence-corrected chi connectivity index (χ0v) is 11.5. The maximum atomic E-state index is 12.6. The molecule has 0 saturated heterocycles. The van der Waals surface area contributed by atoms with Gasteiger partial charge in [-0.25, -0.2) is 4.98 Å². The van der Waals surface area contributed by atoms with Crippen molar-refractivity contribution in [2.75, 3.05) is 13.2 Å². The van der Waals surface area contributed by atoms with Gasteiger partial charge in [0.25, 0.3) is 0 Å². The molecule has 0 aliphatic carbocycles. The minimum atomic E-state index is -4.46. The summed E-state index contributed by atoms with van der Waals surface area (Å²) in [4.78, 5) is 3.71. The number of thiazole rings is 1. The van der Waals surface area contributed by atoms with Gasteiger partial charge in [-0.3, -0.25) is 0 Å².